The van der Waals surface area contributed by atoms with Gasteiger partial charge in [-0.25, -0.2) is 4.31 Å². The van der Waals surface area contributed by atoms with Crippen molar-refractivity contribution in [3.05, 3.63) is 64.5 Å². The van der Waals surface area contributed by atoms with Crippen molar-refractivity contribution in [3.8, 4) is 0 Å². The number of halogens is 1. The van der Waals surface area contributed by atoms with E-state index in [1.54, 1.807) is 12.1 Å². The molecular formula is C18H21BrN4S. The van der Waals surface area contributed by atoms with Crippen LogP contribution in [0.4, 0.5) is 0 Å². The van der Waals surface area contributed by atoms with Gasteiger partial charge < -0.3 is 4.57 Å². The average Bonchev–Trinajstić information content (AvgIpc) is 2.89. The summed E-state index contributed by atoms with van der Waals surface area (Å²) in [5.41, 5.74) is 3.67. The first-order valence-electron chi connectivity index (χ1n) is 7.88. The molecule has 0 atom stereocenters. The van der Waals surface area contributed by atoms with Gasteiger partial charge in [0.15, 0.2) is 0 Å². The van der Waals surface area contributed by atoms with Crippen molar-refractivity contribution in [3.63, 3.8) is 0 Å². The molecule has 6 heteroatoms. The van der Waals surface area contributed by atoms with E-state index in [2.05, 4.69) is 65.0 Å². The lowest BCUT2D eigenvalue weighted by Crippen LogP contribution is -2.15. The fourth-order valence-electron chi connectivity index (χ4n) is 2.70. The molecule has 0 saturated heterocycles. The number of benzene rings is 1. The number of fused-ring (bicyclic) bond motifs is 1. The standard InChI is InChI=1S/C18H21BrN4S/c1-22(2)24-21-10-8-14-12-23(13-16-5-3-4-9-20-16)18-11-15(19)6-7-17(14)18/h3-7,9,11-12,21H,8,10,13H2,1-2H3. The Labute approximate surface area is 155 Å². The van der Waals surface area contributed by atoms with Gasteiger partial charge in [-0.05, 0) is 50.3 Å². The number of rotatable bonds is 7. The van der Waals surface area contributed by atoms with E-state index in [0.717, 1.165) is 29.7 Å². The minimum absolute atomic E-state index is 0.785. The van der Waals surface area contributed by atoms with E-state index >= 15 is 0 Å². The van der Waals surface area contributed by atoms with Crippen LogP contribution in [0.1, 0.15) is 11.3 Å². The van der Waals surface area contributed by atoms with Crippen molar-refractivity contribution in [2.75, 3.05) is 20.6 Å². The van der Waals surface area contributed by atoms with E-state index in [1.807, 2.05) is 32.4 Å². The van der Waals surface area contributed by atoms with E-state index in [4.69, 9.17) is 0 Å². The maximum atomic E-state index is 4.45. The summed E-state index contributed by atoms with van der Waals surface area (Å²) in [5.74, 6) is 0. The number of aromatic nitrogens is 2. The Balaban J connectivity index is 1.84. The summed E-state index contributed by atoms with van der Waals surface area (Å²) in [6, 6.07) is 12.5. The molecule has 0 aliphatic rings. The van der Waals surface area contributed by atoms with Crippen molar-refractivity contribution in [1.82, 2.24) is 18.6 Å². The SMILES string of the molecule is CN(C)SNCCc1cn(Cc2ccccn2)c2cc(Br)ccc12. The third-order valence-corrected chi connectivity index (χ3v) is 4.92. The summed E-state index contributed by atoms with van der Waals surface area (Å²) in [6.07, 6.45) is 5.10. The predicted octanol–water partition coefficient (Wildman–Crippen LogP) is 4.10. The van der Waals surface area contributed by atoms with Gasteiger partial charge in [0.1, 0.15) is 0 Å². The highest BCUT2D eigenvalue weighted by Crippen LogP contribution is 2.26. The first kappa shape index (κ1) is 17.5. The molecule has 0 bridgehead atoms. The summed E-state index contributed by atoms with van der Waals surface area (Å²) in [4.78, 5) is 4.45. The second kappa shape index (κ2) is 8.16. The lowest BCUT2D eigenvalue weighted by atomic mass is 10.1. The van der Waals surface area contributed by atoms with Gasteiger partial charge in [0.2, 0.25) is 0 Å². The maximum Gasteiger partial charge on any atom is 0.0648 e. The monoisotopic (exact) mass is 404 g/mol. The highest BCUT2D eigenvalue weighted by Gasteiger charge is 2.10. The van der Waals surface area contributed by atoms with Crippen LogP contribution in [-0.4, -0.2) is 34.5 Å². The third kappa shape index (κ3) is 4.39. The largest absolute Gasteiger partial charge is 0.341 e. The zero-order valence-electron chi connectivity index (χ0n) is 13.9. The molecule has 0 spiro atoms. The minimum Gasteiger partial charge on any atom is -0.341 e. The van der Waals surface area contributed by atoms with Crippen LogP contribution in [-0.2, 0) is 13.0 Å². The van der Waals surface area contributed by atoms with Crippen LogP contribution in [0.3, 0.4) is 0 Å². The van der Waals surface area contributed by atoms with Crippen molar-refractivity contribution >= 4 is 39.0 Å². The van der Waals surface area contributed by atoms with Crippen molar-refractivity contribution in [2.24, 2.45) is 0 Å². The fourth-order valence-corrected chi connectivity index (χ4v) is 3.50. The van der Waals surface area contributed by atoms with E-state index in [-0.39, 0.29) is 0 Å². The normalized spacial score (nSPS) is 11.5. The van der Waals surface area contributed by atoms with Crippen LogP contribution in [0, 0.1) is 0 Å². The molecule has 2 aromatic heterocycles. The van der Waals surface area contributed by atoms with Crippen LogP contribution >= 0.6 is 28.1 Å². The first-order valence-corrected chi connectivity index (χ1v) is 9.44. The van der Waals surface area contributed by atoms with Gasteiger partial charge in [-0.2, -0.15) is 0 Å². The van der Waals surface area contributed by atoms with Crippen LogP contribution in [0.2, 0.25) is 0 Å². The zero-order valence-corrected chi connectivity index (χ0v) is 16.3. The Morgan fingerprint density at radius 2 is 2.12 bits per heavy atom. The minimum atomic E-state index is 0.785. The van der Waals surface area contributed by atoms with Gasteiger partial charge in [0, 0.05) is 46.4 Å². The predicted molar refractivity (Wildman–Crippen MR) is 106 cm³/mol. The third-order valence-electron chi connectivity index (χ3n) is 3.73. The Bertz CT molecular complexity index is 801. The molecule has 3 aromatic rings. The maximum absolute atomic E-state index is 4.45. The van der Waals surface area contributed by atoms with Crippen LogP contribution < -0.4 is 4.72 Å². The van der Waals surface area contributed by atoms with E-state index < -0.39 is 0 Å². The molecular weight excluding hydrogens is 384 g/mol. The summed E-state index contributed by atoms with van der Waals surface area (Å²) in [6.45, 7) is 1.72. The van der Waals surface area contributed by atoms with E-state index in [0.29, 0.717) is 0 Å². The molecule has 0 aliphatic heterocycles. The average molecular weight is 405 g/mol. The van der Waals surface area contributed by atoms with Gasteiger partial charge in [-0.3, -0.25) is 9.71 Å². The molecule has 0 fully saturated rings. The molecule has 1 N–H and O–H groups in total. The van der Waals surface area contributed by atoms with Crippen molar-refractivity contribution in [1.29, 1.82) is 0 Å². The van der Waals surface area contributed by atoms with Gasteiger partial charge in [0.25, 0.3) is 0 Å². The van der Waals surface area contributed by atoms with Crippen LogP contribution in [0.25, 0.3) is 10.9 Å². The number of pyridine rings is 1. The Hall–Kier alpha value is -1.34. The quantitative estimate of drug-likeness (QED) is 0.474. The molecule has 0 radical (unpaired) electrons. The number of nitrogens with zero attached hydrogens (tertiary/aromatic N) is 3. The Kier molecular flexibility index (Phi) is 5.94. The molecule has 126 valence electrons. The number of hydrogen-bond acceptors (Lipinski definition) is 4. The van der Waals surface area contributed by atoms with Crippen LogP contribution in [0.15, 0.2) is 53.3 Å². The molecule has 0 amide bonds. The Morgan fingerprint density at radius 1 is 1.25 bits per heavy atom. The summed E-state index contributed by atoms with van der Waals surface area (Å²) in [5, 5.41) is 1.31. The molecule has 3 rings (SSSR count). The molecule has 0 saturated carbocycles. The smallest absolute Gasteiger partial charge is 0.0648 e. The summed E-state index contributed by atoms with van der Waals surface area (Å²) >= 11 is 5.22. The Morgan fingerprint density at radius 3 is 2.88 bits per heavy atom. The molecule has 2 heterocycles. The van der Waals surface area contributed by atoms with E-state index in [1.165, 1.54) is 16.5 Å². The van der Waals surface area contributed by atoms with Crippen molar-refractivity contribution in [2.45, 2.75) is 13.0 Å². The summed E-state index contributed by atoms with van der Waals surface area (Å²) < 4.78 is 8.83. The topological polar surface area (TPSA) is 33.1 Å². The number of nitrogens with one attached hydrogen (secondary N) is 1. The number of hydrogen-bond donors (Lipinski definition) is 1. The molecule has 24 heavy (non-hydrogen) atoms. The fraction of sp³-hybridized carbons (Fsp3) is 0.278. The van der Waals surface area contributed by atoms with Gasteiger partial charge in [0.05, 0.1) is 12.2 Å². The van der Waals surface area contributed by atoms with Gasteiger partial charge in [-0.15, -0.1) is 0 Å². The highest BCUT2D eigenvalue weighted by molar-refractivity contribution is 9.10. The lowest BCUT2D eigenvalue weighted by Gasteiger charge is -2.08. The van der Waals surface area contributed by atoms with Gasteiger partial charge >= 0.3 is 0 Å². The first-order chi connectivity index (χ1) is 11.6. The zero-order chi connectivity index (χ0) is 16.9. The van der Waals surface area contributed by atoms with Crippen LogP contribution in [0.5, 0.6) is 0 Å². The molecule has 0 aliphatic carbocycles. The molecule has 1 aromatic carbocycles. The molecule has 0 unspecified atom stereocenters. The second-order valence-corrected chi connectivity index (χ2v) is 7.93. The van der Waals surface area contributed by atoms with Crippen molar-refractivity contribution < 1.29 is 0 Å². The van der Waals surface area contributed by atoms with E-state index in [9.17, 15) is 0 Å². The molecule has 4 nitrogen and oxygen atoms in total. The van der Waals surface area contributed by atoms with Gasteiger partial charge in [-0.1, -0.05) is 28.1 Å². The summed E-state index contributed by atoms with van der Waals surface area (Å²) in [7, 11) is 4.07. The highest BCUT2D eigenvalue weighted by atomic mass is 79.9. The second-order valence-electron chi connectivity index (χ2n) is 5.81. The lowest BCUT2D eigenvalue weighted by molar-refractivity contribution is 0.690.